The molecule has 0 aliphatic rings. The first-order valence-electron chi connectivity index (χ1n) is 7.23. The van der Waals surface area contributed by atoms with E-state index < -0.39 is 0 Å². The van der Waals surface area contributed by atoms with Crippen LogP contribution in [-0.2, 0) is 6.54 Å². The molecule has 0 atom stereocenters. The second kappa shape index (κ2) is 8.40. The van der Waals surface area contributed by atoms with Crippen LogP contribution in [0.5, 0.6) is 5.75 Å². The number of aromatic hydroxyl groups is 1. The number of nitrogens with one attached hydrogen (secondary N) is 1. The summed E-state index contributed by atoms with van der Waals surface area (Å²) in [6.45, 7) is 8.70. The molecule has 4 heteroatoms. The maximum Gasteiger partial charge on any atom is 0.143 e. The van der Waals surface area contributed by atoms with E-state index in [0.29, 0.717) is 5.41 Å². The maximum atomic E-state index is 9.69. The summed E-state index contributed by atoms with van der Waals surface area (Å²) in [6, 6.07) is 3.91. The normalized spacial score (nSPS) is 11.8. The summed E-state index contributed by atoms with van der Waals surface area (Å²) in [6.07, 6.45) is 5.17. The van der Waals surface area contributed by atoms with Gasteiger partial charge in [0.1, 0.15) is 5.75 Å². The number of hydrogen-bond donors (Lipinski definition) is 2. The van der Waals surface area contributed by atoms with Crippen molar-refractivity contribution in [2.45, 2.75) is 53.0 Å². The lowest BCUT2D eigenvalue weighted by Gasteiger charge is -2.25. The molecule has 2 N–H and O–H groups in total. The predicted molar refractivity (Wildman–Crippen MR) is 93.1 cm³/mol. The van der Waals surface area contributed by atoms with E-state index in [4.69, 9.17) is 0 Å². The summed E-state index contributed by atoms with van der Waals surface area (Å²) in [5.74, 6) is 0.258. The van der Waals surface area contributed by atoms with E-state index in [1.165, 1.54) is 25.7 Å². The molecule has 20 heavy (non-hydrogen) atoms. The van der Waals surface area contributed by atoms with E-state index in [-0.39, 0.29) is 5.75 Å². The molecule has 0 aromatic heterocycles. The van der Waals surface area contributed by atoms with E-state index in [9.17, 15) is 5.11 Å². The molecule has 0 saturated carbocycles. The van der Waals surface area contributed by atoms with Gasteiger partial charge in [0.25, 0.3) is 0 Å². The van der Waals surface area contributed by atoms with Crippen molar-refractivity contribution in [2.24, 2.45) is 5.41 Å². The number of benzene rings is 1. The molecule has 0 radical (unpaired) electrons. The van der Waals surface area contributed by atoms with Gasteiger partial charge < -0.3 is 10.4 Å². The molecule has 0 heterocycles. The zero-order valence-electron chi connectivity index (χ0n) is 12.6. The Morgan fingerprint density at radius 3 is 2.30 bits per heavy atom. The van der Waals surface area contributed by atoms with Gasteiger partial charge in [0, 0.05) is 13.1 Å². The molecule has 0 fully saturated rings. The van der Waals surface area contributed by atoms with E-state index in [0.717, 1.165) is 27.6 Å². The molecular formula is C16H25Br2NO. The van der Waals surface area contributed by atoms with Crippen molar-refractivity contribution in [3.8, 4) is 5.75 Å². The minimum absolute atomic E-state index is 0.258. The quantitative estimate of drug-likeness (QED) is 0.549. The van der Waals surface area contributed by atoms with Crippen LogP contribution in [0, 0.1) is 5.41 Å². The van der Waals surface area contributed by atoms with Crippen molar-refractivity contribution < 1.29 is 5.11 Å². The van der Waals surface area contributed by atoms with Crippen LogP contribution >= 0.6 is 31.9 Å². The number of rotatable bonds is 8. The molecule has 0 unspecified atom stereocenters. The summed E-state index contributed by atoms with van der Waals surface area (Å²) in [7, 11) is 0. The second-order valence-corrected chi connectivity index (χ2v) is 7.84. The predicted octanol–water partition coefficient (Wildman–Crippen LogP) is 5.61. The Hall–Kier alpha value is -0.0600. The van der Waals surface area contributed by atoms with Crippen molar-refractivity contribution >= 4 is 31.9 Å². The lowest BCUT2D eigenvalue weighted by Crippen LogP contribution is -2.29. The fourth-order valence-corrected chi connectivity index (χ4v) is 3.49. The zero-order chi connectivity index (χ0) is 15.2. The Morgan fingerprint density at radius 1 is 1.15 bits per heavy atom. The Kier molecular flexibility index (Phi) is 7.56. The van der Waals surface area contributed by atoms with Crippen LogP contribution in [0.3, 0.4) is 0 Å². The average Bonchev–Trinajstić information content (AvgIpc) is 2.35. The molecular weight excluding hydrogens is 382 g/mol. The third kappa shape index (κ3) is 6.15. The molecule has 114 valence electrons. The molecule has 1 rings (SSSR count). The summed E-state index contributed by atoms with van der Waals surface area (Å²) in [5.41, 5.74) is 1.49. The van der Waals surface area contributed by atoms with Gasteiger partial charge in [-0.2, -0.15) is 0 Å². The summed E-state index contributed by atoms with van der Waals surface area (Å²) in [4.78, 5) is 0. The van der Waals surface area contributed by atoms with Gasteiger partial charge in [0.2, 0.25) is 0 Å². The van der Waals surface area contributed by atoms with Crippen molar-refractivity contribution in [1.82, 2.24) is 5.32 Å². The third-order valence-electron chi connectivity index (χ3n) is 3.47. The van der Waals surface area contributed by atoms with Crippen molar-refractivity contribution in [3.63, 3.8) is 0 Å². The van der Waals surface area contributed by atoms with Gasteiger partial charge in [-0.1, -0.05) is 40.0 Å². The fraction of sp³-hybridized carbons (Fsp3) is 0.625. The highest BCUT2D eigenvalue weighted by molar-refractivity contribution is 9.11. The monoisotopic (exact) mass is 405 g/mol. The van der Waals surface area contributed by atoms with Gasteiger partial charge in [-0.05, 0) is 61.4 Å². The zero-order valence-corrected chi connectivity index (χ0v) is 15.8. The van der Waals surface area contributed by atoms with Crippen molar-refractivity contribution in [3.05, 3.63) is 26.6 Å². The van der Waals surface area contributed by atoms with Crippen LogP contribution in [0.4, 0.5) is 0 Å². The molecule has 1 aromatic rings. The smallest absolute Gasteiger partial charge is 0.143 e. The Balaban J connectivity index is 2.44. The molecule has 0 amide bonds. The fourth-order valence-electron chi connectivity index (χ4n) is 2.21. The van der Waals surface area contributed by atoms with Crippen molar-refractivity contribution in [2.75, 3.05) is 6.54 Å². The topological polar surface area (TPSA) is 32.3 Å². The van der Waals surface area contributed by atoms with Gasteiger partial charge in [-0.3, -0.25) is 0 Å². The molecule has 0 aliphatic heterocycles. The highest BCUT2D eigenvalue weighted by Crippen LogP contribution is 2.33. The van der Waals surface area contributed by atoms with Crippen LogP contribution in [0.25, 0.3) is 0 Å². The van der Waals surface area contributed by atoms with Gasteiger partial charge in [-0.25, -0.2) is 0 Å². The summed E-state index contributed by atoms with van der Waals surface area (Å²) in [5, 5.41) is 13.2. The first kappa shape index (κ1) is 18.0. The first-order valence-corrected chi connectivity index (χ1v) is 8.82. The van der Waals surface area contributed by atoms with Gasteiger partial charge in [-0.15, -0.1) is 0 Å². The van der Waals surface area contributed by atoms with E-state index in [1.54, 1.807) is 0 Å². The number of unbranched alkanes of at least 4 members (excludes halogenated alkanes) is 2. The van der Waals surface area contributed by atoms with Crippen LogP contribution in [-0.4, -0.2) is 11.7 Å². The molecule has 0 aliphatic carbocycles. The number of phenolic OH excluding ortho intramolecular Hbond substituents is 1. The minimum Gasteiger partial charge on any atom is -0.506 e. The van der Waals surface area contributed by atoms with E-state index in [1.807, 2.05) is 12.1 Å². The third-order valence-corrected chi connectivity index (χ3v) is 4.68. The average molecular weight is 407 g/mol. The highest BCUT2D eigenvalue weighted by atomic mass is 79.9. The molecule has 0 spiro atoms. The maximum absolute atomic E-state index is 9.69. The standard InChI is InChI=1S/C16H25Br2NO/c1-4-5-6-7-16(2,3)11-19-10-12-8-13(17)15(20)14(18)9-12/h8-9,19-20H,4-7,10-11H2,1-3H3. The molecule has 2 nitrogen and oxygen atoms in total. The Labute approximate surface area is 139 Å². The van der Waals surface area contributed by atoms with Crippen molar-refractivity contribution in [1.29, 1.82) is 0 Å². The van der Waals surface area contributed by atoms with Crippen LogP contribution < -0.4 is 5.32 Å². The van der Waals surface area contributed by atoms with Crippen LogP contribution in [0.2, 0.25) is 0 Å². The van der Waals surface area contributed by atoms with Gasteiger partial charge >= 0.3 is 0 Å². The number of phenols is 1. The molecule has 0 saturated heterocycles. The van der Waals surface area contributed by atoms with Gasteiger partial charge in [0.15, 0.2) is 0 Å². The lowest BCUT2D eigenvalue weighted by atomic mass is 9.87. The van der Waals surface area contributed by atoms with Crippen LogP contribution in [0.1, 0.15) is 52.0 Å². The minimum atomic E-state index is 0.258. The molecule has 0 bridgehead atoms. The highest BCUT2D eigenvalue weighted by Gasteiger charge is 2.16. The van der Waals surface area contributed by atoms with E-state index in [2.05, 4.69) is 57.9 Å². The second-order valence-electron chi connectivity index (χ2n) is 6.13. The Morgan fingerprint density at radius 2 is 1.75 bits per heavy atom. The van der Waals surface area contributed by atoms with Gasteiger partial charge in [0.05, 0.1) is 8.95 Å². The summed E-state index contributed by atoms with van der Waals surface area (Å²) >= 11 is 6.73. The Bertz CT molecular complexity index is 409. The summed E-state index contributed by atoms with van der Waals surface area (Å²) < 4.78 is 1.46. The number of hydrogen-bond acceptors (Lipinski definition) is 2. The number of halogens is 2. The molecule has 1 aromatic carbocycles. The lowest BCUT2D eigenvalue weighted by molar-refractivity contribution is 0.302. The largest absolute Gasteiger partial charge is 0.506 e. The SMILES string of the molecule is CCCCCC(C)(C)CNCc1cc(Br)c(O)c(Br)c1. The van der Waals surface area contributed by atoms with E-state index >= 15 is 0 Å². The first-order chi connectivity index (χ1) is 9.35. The van der Waals surface area contributed by atoms with Crippen LogP contribution in [0.15, 0.2) is 21.1 Å².